The van der Waals surface area contributed by atoms with E-state index in [1.54, 1.807) is 6.07 Å². The molecule has 1 aliphatic rings. The first-order chi connectivity index (χ1) is 19.3. The maximum absolute atomic E-state index is 13.5. The normalized spacial score (nSPS) is 17.5. The van der Waals surface area contributed by atoms with Crippen LogP contribution in [0.2, 0.25) is 0 Å². The molecule has 14 heteroatoms. The fourth-order valence-electron chi connectivity index (χ4n) is 4.49. The van der Waals surface area contributed by atoms with Crippen LogP contribution < -0.4 is 10.6 Å². The molecular formula is C27H29F4N3O5S2. The van der Waals surface area contributed by atoms with E-state index < -0.39 is 56.4 Å². The molecule has 0 aliphatic carbocycles. The van der Waals surface area contributed by atoms with Gasteiger partial charge in [0.1, 0.15) is 11.9 Å². The molecule has 1 saturated heterocycles. The van der Waals surface area contributed by atoms with Crippen LogP contribution in [0.25, 0.3) is 10.1 Å². The number of hydrogen-bond acceptors (Lipinski definition) is 6. The summed E-state index contributed by atoms with van der Waals surface area (Å²) in [4.78, 5) is 25.4. The molecule has 222 valence electrons. The van der Waals surface area contributed by atoms with Gasteiger partial charge < -0.3 is 15.4 Å². The van der Waals surface area contributed by atoms with Crippen LogP contribution in [0.3, 0.4) is 0 Å². The number of nitrogens with zero attached hydrogens (tertiary/aromatic N) is 1. The van der Waals surface area contributed by atoms with Gasteiger partial charge >= 0.3 is 6.18 Å². The average Bonchev–Trinajstić information content (AvgIpc) is 3.35. The van der Waals surface area contributed by atoms with Crippen molar-refractivity contribution < 1.29 is 40.3 Å². The van der Waals surface area contributed by atoms with E-state index in [0.29, 0.717) is 23.4 Å². The molecule has 8 nitrogen and oxygen atoms in total. The highest BCUT2D eigenvalue weighted by molar-refractivity contribution is 7.89. The minimum absolute atomic E-state index is 0.0542. The summed E-state index contributed by atoms with van der Waals surface area (Å²) in [6.45, 7) is 2.96. The summed E-state index contributed by atoms with van der Waals surface area (Å²) < 4.78 is 87.5. The monoisotopic (exact) mass is 615 g/mol. The van der Waals surface area contributed by atoms with E-state index in [0.717, 1.165) is 14.4 Å². The van der Waals surface area contributed by atoms with Gasteiger partial charge in [0.25, 0.3) is 5.91 Å². The molecule has 0 radical (unpaired) electrons. The van der Waals surface area contributed by atoms with E-state index in [1.807, 2.05) is 38.1 Å². The summed E-state index contributed by atoms with van der Waals surface area (Å²) in [5, 5.41) is 6.34. The SMILES string of the molecule is CC(C)C[C@H](NC(=O)c1cc2ccccc2s1)C(=O)NC[C@H]1CN(S(=O)(=O)c2ccc(F)cc2C(F)(F)F)CCO1. The standard InChI is InChI=1S/C27H29F4N3O5S2/c1-16(2)11-21(33-26(36)23-12-17-5-3-4-6-22(17)40-23)25(35)32-14-19-15-34(9-10-39-19)41(37,38)24-8-7-18(28)13-20(24)27(29,30)31/h3-8,12-13,16,19,21H,9-11,14-15H2,1-2H3,(H,32,35)(H,33,36)/t19-,21-/m0/s1. The molecule has 41 heavy (non-hydrogen) atoms. The predicted molar refractivity (Wildman–Crippen MR) is 145 cm³/mol. The van der Waals surface area contributed by atoms with Crippen molar-refractivity contribution in [2.24, 2.45) is 5.92 Å². The molecule has 1 aromatic heterocycles. The van der Waals surface area contributed by atoms with E-state index >= 15 is 0 Å². The molecule has 2 amide bonds. The topological polar surface area (TPSA) is 105 Å². The molecule has 3 aromatic rings. The van der Waals surface area contributed by atoms with Crippen molar-refractivity contribution in [3.05, 3.63) is 64.8 Å². The minimum Gasteiger partial charge on any atom is -0.374 e. The molecule has 0 bridgehead atoms. The molecule has 1 fully saturated rings. The van der Waals surface area contributed by atoms with Crippen LogP contribution in [0, 0.1) is 11.7 Å². The second-order valence-electron chi connectivity index (χ2n) is 10.0. The zero-order valence-electron chi connectivity index (χ0n) is 22.2. The third-order valence-corrected chi connectivity index (χ3v) is 9.49. The number of halogens is 4. The van der Waals surface area contributed by atoms with Crippen LogP contribution in [0.5, 0.6) is 0 Å². The largest absolute Gasteiger partial charge is 0.417 e. The molecule has 4 rings (SSSR count). The quantitative estimate of drug-likeness (QED) is 0.347. The Bertz CT molecular complexity index is 1490. The highest BCUT2D eigenvalue weighted by atomic mass is 32.2. The number of morpholine rings is 1. The Labute approximate surface area is 238 Å². The van der Waals surface area contributed by atoms with Gasteiger partial charge in [-0.05, 0) is 48.1 Å². The summed E-state index contributed by atoms with van der Waals surface area (Å²) in [5.41, 5.74) is -1.60. The van der Waals surface area contributed by atoms with Crippen LogP contribution in [0.1, 0.15) is 35.5 Å². The number of hydrogen-bond donors (Lipinski definition) is 2. The number of carbonyl (C=O) groups is 2. The van der Waals surface area contributed by atoms with Gasteiger partial charge in [-0.25, -0.2) is 12.8 Å². The Balaban J connectivity index is 1.42. The van der Waals surface area contributed by atoms with Gasteiger partial charge in [-0.3, -0.25) is 9.59 Å². The van der Waals surface area contributed by atoms with Crippen molar-refractivity contribution >= 4 is 43.3 Å². The molecular weight excluding hydrogens is 586 g/mol. The van der Waals surface area contributed by atoms with E-state index in [4.69, 9.17) is 4.74 Å². The van der Waals surface area contributed by atoms with Crippen molar-refractivity contribution in [3.63, 3.8) is 0 Å². The third kappa shape index (κ3) is 7.42. The number of thiophene rings is 1. The van der Waals surface area contributed by atoms with Gasteiger partial charge in [0.05, 0.1) is 28.0 Å². The first-order valence-electron chi connectivity index (χ1n) is 12.8. The second-order valence-corrected chi connectivity index (χ2v) is 13.0. The maximum Gasteiger partial charge on any atom is 0.417 e. The Hall–Kier alpha value is -3.07. The Morgan fingerprint density at radius 1 is 1.15 bits per heavy atom. The number of sulfonamides is 1. The van der Waals surface area contributed by atoms with Crippen LogP contribution in [0.4, 0.5) is 17.6 Å². The number of rotatable bonds is 9. The van der Waals surface area contributed by atoms with Gasteiger partial charge in [0.2, 0.25) is 15.9 Å². The molecule has 2 N–H and O–H groups in total. The molecule has 0 saturated carbocycles. The molecule has 0 unspecified atom stereocenters. The number of benzene rings is 2. The van der Waals surface area contributed by atoms with Gasteiger partial charge in [-0.15, -0.1) is 11.3 Å². The van der Waals surface area contributed by atoms with Crippen molar-refractivity contribution in [3.8, 4) is 0 Å². The Morgan fingerprint density at radius 3 is 2.56 bits per heavy atom. The lowest BCUT2D eigenvalue weighted by Gasteiger charge is -2.33. The average molecular weight is 616 g/mol. The maximum atomic E-state index is 13.5. The summed E-state index contributed by atoms with van der Waals surface area (Å²) in [6, 6.07) is 9.76. The highest BCUT2D eigenvalue weighted by Crippen LogP contribution is 2.36. The van der Waals surface area contributed by atoms with Gasteiger partial charge in [-0.1, -0.05) is 32.0 Å². The van der Waals surface area contributed by atoms with E-state index in [2.05, 4.69) is 10.6 Å². The predicted octanol–water partition coefficient (Wildman–Crippen LogP) is 4.41. The summed E-state index contributed by atoms with van der Waals surface area (Å²) in [6.07, 6.45) is -5.62. The molecule has 0 spiro atoms. The second kappa shape index (κ2) is 12.4. The molecule has 2 atom stereocenters. The first-order valence-corrected chi connectivity index (χ1v) is 15.1. The lowest BCUT2D eigenvalue weighted by atomic mass is 10.0. The minimum atomic E-state index is -5.09. The van der Waals surface area contributed by atoms with Crippen LogP contribution >= 0.6 is 11.3 Å². The fraction of sp³-hybridized carbons (Fsp3) is 0.407. The number of carbonyl (C=O) groups excluding carboxylic acids is 2. The zero-order chi connectivity index (χ0) is 29.9. The van der Waals surface area contributed by atoms with Crippen molar-refractivity contribution in [1.82, 2.24) is 14.9 Å². The highest BCUT2D eigenvalue weighted by Gasteiger charge is 2.41. The van der Waals surface area contributed by atoms with E-state index in [-0.39, 0.29) is 38.2 Å². The zero-order valence-corrected chi connectivity index (χ0v) is 23.8. The van der Waals surface area contributed by atoms with Crippen molar-refractivity contribution in [2.75, 3.05) is 26.2 Å². The van der Waals surface area contributed by atoms with Crippen LogP contribution in [-0.4, -0.2) is 62.9 Å². The molecule has 2 heterocycles. The number of ether oxygens (including phenoxy) is 1. The number of fused-ring (bicyclic) bond motifs is 1. The van der Waals surface area contributed by atoms with Crippen LogP contribution in [-0.2, 0) is 25.7 Å². The fourth-order valence-corrected chi connectivity index (χ4v) is 7.10. The van der Waals surface area contributed by atoms with Gasteiger partial charge in [0, 0.05) is 24.3 Å². The van der Waals surface area contributed by atoms with Crippen molar-refractivity contribution in [1.29, 1.82) is 0 Å². The van der Waals surface area contributed by atoms with E-state index in [1.165, 1.54) is 11.3 Å². The lowest BCUT2D eigenvalue weighted by molar-refractivity contribution is -0.140. The summed E-state index contributed by atoms with van der Waals surface area (Å²) >= 11 is 1.30. The van der Waals surface area contributed by atoms with E-state index in [9.17, 15) is 35.6 Å². The number of alkyl halides is 3. The Morgan fingerprint density at radius 2 is 1.88 bits per heavy atom. The molecule has 1 aliphatic heterocycles. The smallest absolute Gasteiger partial charge is 0.374 e. The number of nitrogens with one attached hydrogen (secondary N) is 2. The summed E-state index contributed by atoms with van der Waals surface area (Å²) in [7, 11) is -4.66. The van der Waals surface area contributed by atoms with Crippen molar-refractivity contribution in [2.45, 2.75) is 43.5 Å². The summed E-state index contributed by atoms with van der Waals surface area (Å²) in [5.74, 6) is -2.07. The van der Waals surface area contributed by atoms with Crippen LogP contribution in [0.15, 0.2) is 53.4 Å². The van der Waals surface area contributed by atoms with Gasteiger partial charge in [-0.2, -0.15) is 17.5 Å². The third-order valence-electron chi connectivity index (χ3n) is 6.45. The first kappa shape index (κ1) is 30.9. The lowest BCUT2D eigenvalue weighted by Crippen LogP contribution is -2.53. The number of amides is 2. The Kier molecular flexibility index (Phi) is 9.36. The molecule has 2 aromatic carbocycles. The van der Waals surface area contributed by atoms with Gasteiger partial charge in [0.15, 0.2) is 0 Å².